The Bertz CT molecular complexity index is 429. The SMILES string of the molecule is C.C.COC(=O)C1(CS(=O)(=O)C(C)(C)C)CCCCC1.[2H][V][I]. The van der Waals surface area contributed by atoms with Crippen LogP contribution in [0.2, 0.25) is 0 Å². The molecule has 1 rings (SSSR count). The van der Waals surface area contributed by atoms with Crippen molar-refractivity contribution in [2.24, 2.45) is 5.41 Å². The van der Waals surface area contributed by atoms with Gasteiger partial charge in [-0.2, -0.15) is 0 Å². The monoisotopic (exact) mass is 488 g/mol. The summed E-state index contributed by atoms with van der Waals surface area (Å²) in [6.45, 7) is 5.03. The van der Waals surface area contributed by atoms with Gasteiger partial charge in [0.25, 0.3) is 0 Å². The number of rotatable bonds is 3. The number of halogens is 1. The minimum absolute atomic E-state index is 0. The van der Waals surface area contributed by atoms with Crippen molar-refractivity contribution in [1.82, 2.24) is 0 Å². The Morgan fingerprint density at radius 1 is 1.27 bits per heavy atom. The average molecular weight is 488 g/mol. The topological polar surface area (TPSA) is 60.4 Å². The molecule has 1 aliphatic rings. The van der Waals surface area contributed by atoms with Gasteiger partial charge in [0.05, 0.1) is 23.0 Å². The Labute approximate surface area is 158 Å². The second-order valence-electron chi connectivity index (χ2n) is 6.20. The van der Waals surface area contributed by atoms with Gasteiger partial charge in [0, 0.05) is 0 Å². The van der Waals surface area contributed by atoms with Crippen molar-refractivity contribution >= 4 is 35.8 Å². The molecule has 0 N–H and O–H groups in total. The van der Waals surface area contributed by atoms with Crippen LogP contribution in [0.15, 0.2) is 0 Å². The molecule has 0 radical (unpaired) electrons. The molecule has 7 heteroatoms. The van der Waals surface area contributed by atoms with Gasteiger partial charge >= 0.3 is 40.7 Å². The molecule has 0 aromatic heterocycles. The van der Waals surface area contributed by atoms with E-state index in [0.29, 0.717) is 12.8 Å². The predicted octanol–water partition coefficient (Wildman–Crippen LogP) is 4.21. The summed E-state index contributed by atoms with van der Waals surface area (Å²) in [5, 5.41) is 0. The van der Waals surface area contributed by atoms with Gasteiger partial charge in [-0.25, -0.2) is 8.42 Å². The van der Waals surface area contributed by atoms with E-state index in [1.807, 2.05) is 20.0 Å². The second kappa shape index (κ2) is 11.3. The Kier molecular flexibility index (Phi) is 12.8. The van der Waals surface area contributed by atoms with Crippen molar-refractivity contribution in [1.29, 1.82) is 0.879 Å². The van der Waals surface area contributed by atoms with Crippen LogP contribution < -0.4 is 0 Å². The van der Waals surface area contributed by atoms with Crippen molar-refractivity contribution < 1.29 is 31.8 Å². The molecule has 0 bridgehead atoms. The molecule has 0 atom stereocenters. The Balaban J connectivity index is -0.000000740. The summed E-state index contributed by atoms with van der Waals surface area (Å²) in [5.41, 5.74) is -0.820. The fraction of sp³-hybridized carbons (Fsp3) is 0.933. The van der Waals surface area contributed by atoms with Crippen molar-refractivity contribution in [3.8, 4) is 0 Å². The molecule has 135 valence electrons. The van der Waals surface area contributed by atoms with Crippen molar-refractivity contribution in [2.45, 2.75) is 72.5 Å². The number of carbonyl (C=O) groups excluding carboxylic acids is 1. The van der Waals surface area contributed by atoms with Gasteiger partial charge < -0.3 is 4.74 Å². The van der Waals surface area contributed by atoms with Crippen molar-refractivity contribution in [2.75, 3.05) is 12.9 Å². The van der Waals surface area contributed by atoms with E-state index in [0.717, 1.165) is 19.3 Å². The van der Waals surface area contributed by atoms with Gasteiger partial charge in [-0.15, -0.1) is 0 Å². The summed E-state index contributed by atoms with van der Waals surface area (Å²) >= 11 is 1.96. The maximum absolute atomic E-state index is 12.3. The third kappa shape index (κ3) is 7.10. The first-order valence-corrected chi connectivity index (χ1v) is 12.8. The number of esters is 1. The Hall–Kier alpha value is 0.734. The predicted molar refractivity (Wildman–Crippen MR) is 100.0 cm³/mol. The molecule has 4 nitrogen and oxygen atoms in total. The molecular formula is C15H33IO4SV. The Morgan fingerprint density at radius 3 is 2.00 bits per heavy atom. The molecular weight excluding hydrogens is 454 g/mol. The van der Waals surface area contributed by atoms with E-state index in [-0.39, 0.29) is 40.4 Å². The molecule has 0 aliphatic heterocycles. The zero-order chi connectivity index (χ0) is 16.7. The summed E-state index contributed by atoms with van der Waals surface area (Å²) in [7, 11) is -1.98. The Morgan fingerprint density at radius 2 is 1.68 bits per heavy atom. The number of hydrogen-bond donors (Lipinski definition) is 0. The van der Waals surface area contributed by atoms with E-state index in [9.17, 15) is 13.2 Å². The molecule has 1 fully saturated rings. The fourth-order valence-corrected chi connectivity index (χ4v) is 4.00. The quantitative estimate of drug-likeness (QED) is 0.441. The van der Waals surface area contributed by atoms with Crippen molar-refractivity contribution in [3.05, 3.63) is 0 Å². The summed E-state index contributed by atoms with van der Waals surface area (Å²) in [4.78, 5) is 12.0. The number of sulfone groups is 1. The van der Waals surface area contributed by atoms with Crippen LogP contribution in [-0.4, -0.2) is 32.9 Å². The van der Waals surface area contributed by atoms with E-state index in [2.05, 4.69) is 0 Å². The van der Waals surface area contributed by atoms with Crippen LogP contribution in [0.1, 0.15) is 67.7 Å². The van der Waals surface area contributed by atoms with Crippen LogP contribution in [0.5, 0.6) is 0 Å². The molecule has 0 amide bonds. The summed E-state index contributed by atoms with van der Waals surface area (Å²) in [5.74, 6) is -0.453. The van der Waals surface area contributed by atoms with Crippen molar-refractivity contribution in [3.63, 3.8) is 0 Å². The van der Waals surface area contributed by atoms with E-state index < -0.39 is 20.0 Å². The zero-order valence-electron chi connectivity index (χ0n) is 13.6. The third-order valence-corrected chi connectivity index (χ3v) is 6.63. The van der Waals surface area contributed by atoms with Crippen LogP contribution in [0.3, 0.4) is 0 Å². The summed E-state index contributed by atoms with van der Waals surface area (Å²) in [6, 6.07) is 0. The standard InChI is InChI=1S/C13H24O4S.2CH4.HI.V.H/c1-12(2,3)18(15,16)10-13(11(14)17-4)8-6-5-7-9-13;;;;;/h5-10H2,1-4H3;2*1H4;1H;;/q;;;;+1;/p-1/i;;;;;1+1. The van der Waals surface area contributed by atoms with Gasteiger partial charge in [0.15, 0.2) is 9.84 Å². The normalized spacial score (nSPS) is 17.4. The van der Waals surface area contributed by atoms with Crippen LogP contribution in [-0.2, 0) is 33.2 Å². The zero-order valence-corrected chi connectivity index (χ0v) is 17.0. The van der Waals surface area contributed by atoms with E-state index in [1.165, 1.54) is 7.11 Å². The van der Waals surface area contributed by atoms with Gasteiger partial charge in [0.2, 0.25) is 0 Å². The molecule has 0 aromatic carbocycles. The summed E-state index contributed by atoms with van der Waals surface area (Å²) in [6.07, 6.45) is 4.10. The van der Waals surface area contributed by atoms with E-state index in [4.69, 9.17) is 5.62 Å². The van der Waals surface area contributed by atoms with Crippen LogP contribution in [0, 0.1) is 5.41 Å². The van der Waals surface area contributed by atoms with Gasteiger partial charge in [0.1, 0.15) is 0 Å². The number of carbonyl (C=O) groups is 1. The molecule has 0 saturated heterocycles. The third-order valence-electron chi connectivity index (χ3n) is 3.83. The average Bonchev–Trinajstić information content (AvgIpc) is 2.38. The molecule has 22 heavy (non-hydrogen) atoms. The number of hydrogen-bond acceptors (Lipinski definition) is 4. The molecule has 1 saturated carbocycles. The van der Waals surface area contributed by atoms with Crippen LogP contribution in [0.25, 0.3) is 0 Å². The van der Waals surface area contributed by atoms with Gasteiger partial charge in [-0.3, -0.25) is 4.79 Å². The molecule has 0 heterocycles. The fourth-order valence-electron chi connectivity index (χ4n) is 2.43. The van der Waals surface area contributed by atoms with E-state index >= 15 is 0 Å². The first-order valence-electron chi connectivity index (χ1n) is 7.07. The van der Waals surface area contributed by atoms with E-state index in [1.54, 1.807) is 20.8 Å². The number of methoxy groups -OCH3 is 1. The summed E-state index contributed by atoms with van der Waals surface area (Å²) < 4.78 is 35.0. The van der Waals surface area contributed by atoms with Gasteiger partial charge in [-0.1, -0.05) is 34.1 Å². The van der Waals surface area contributed by atoms with Gasteiger partial charge in [-0.05, 0) is 33.6 Å². The molecule has 0 aromatic rings. The van der Waals surface area contributed by atoms with Crippen LogP contribution >= 0.6 is 20.0 Å². The molecule has 0 unspecified atom stereocenters. The molecule has 0 spiro atoms. The minimum atomic E-state index is -3.31. The van der Waals surface area contributed by atoms with Crippen LogP contribution in [0.4, 0.5) is 0 Å². The first kappa shape index (κ1) is 25.0. The number of ether oxygens (including phenoxy) is 1. The molecule has 1 aliphatic carbocycles. The first-order chi connectivity index (χ1) is 9.56. The maximum atomic E-state index is 12.3. The second-order valence-corrected chi connectivity index (χ2v) is 8.95.